The standard InChI is InChI=1S/C15H21F3N2/c1-10-7-8-20(9-14(10)19)11(2)12-5-3-4-6-13(12)15(16,17)18/h3-6,10-11,14H,7-9,19H2,1-2H3. The van der Waals surface area contributed by atoms with Crippen molar-refractivity contribution >= 4 is 0 Å². The Labute approximate surface area is 117 Å². The lowest BCUT2D eigenvalue weighted by atomic mass is 9.91. The summed E-state index contributed by atoms with van der Waals surface area (Å²) in [7, 11) is 0. The summed E-state index contributed by atoms with van der Waals surface area (Å²) in [5.41, 5.74) is 5.84. The van der Waals surface area contributed by atoms with E-state index in [2.05, 4.69) is 11.8 Å². The van der Waals surface area contributed by atoms with Gasteiger partial charge in [0.15, 0.2) is 0 Å². The van der Waals surface area contributed by atoms with Gasteiger partial charge in [0.1, 0.15) is 0 Å². The van der Waals surface area contributed by atoms with Gasteiger partial charge in [-0.3, -0.25) is 4.90 Å². The first-order valence-corrected chi connectivity index (χ1v) is 6.96. The first-order chi connectivity index (χ1) is 9.30. The third-order valence-corrected chi connectivity index (χ3v) is 4.31. The van der Waals surface area contributed by atoms with Crippen molar-refractivity contribution in [2.24, 2.45) is 11.7 Å². The summed E-state index contributed by atoms with van der Waals surface area (Å²) in [6, 6.07) is 5.57. The van der Waals surface area contributed by atoms with Crippen LogP contribution in [0, 0.1) is 5.92 Å². The molecule has 1 aliphatic heterocycles. The number of benzene rings is 1. The molecule has 0 aromatic heterocycles. The smallest absolute Gasteiger partial charge is 0.326 e. The second kappa shape index (κ2) is 5.74. The Morgan fingerprint density at radius 2 is 1.95 bits per heavy atom. The number of rotatable bonds is 2. The summed E-state index contributed by atoms with van der Waals surface area (Å²) >= 11 is 0. The van der Waals surface area contributed by atoms with Crippen LogP contribution in [0.3, 0.4) is 0 Å². The Balaban J connectivity index is 2.24. The van der Waals surface area contributed by atoms with Gasteiger partial charge in [0.05, 0.1) is 5.56 Å². The van der Waals surface area contributed by atoms with Crippen LogP contribution >= 0.6 is 0 Å². The van der Waals surface area contributed by atoms with Crippen LogP contribution in [-0.4, -0.2) is 24.0 Å². The minimum Gasteiger partial charge on any atom is -0.326 e. The molecule has 2 rings (SSSR count). The van der Waals surface area contributed by atoms with E-state index >= 15 is 0 Å². The van der Waals surface area contributed by atoms with E-state index in [-0.39, 0.29) is 12.1 Å². The van der Waals surface area contributed by atoms with Crippen molar-refractivity contribution in [2.45, 2.75) is 38.5 Å². The van der Waals surface area contributed by atoms with Crippen LogP contribution in [0.4, 0.5) is 13.2 Å². The molecule has 0 aliphatic carbocycles. The molecule has 1 aromatic carbocycles. The van der Waals surface area contributed by atoms with E-state index in [0.29, 0.717) is 18.0 Å². The quantitative estimate of drug-likeness (QED) is 0.902. The second-order valence-electron chi connectivity index (χ2n) is 5.69. The van der Waals surface area contributed by atoms with Crippen molar-refractivity contribution in [3.05, 3.63) is 35.4 Å². The maximum atomic E-state index is 13.1. The zero-order valence-electron chi connectivity index (χ0n) is 11.8. The maximum absolute atomic E-state index is 13.1. The normalized spacial score (nSPS) is 26.5. The largest absolute Gasteiger partial charge is 0.416 e. The molecule has 0 spiro atoms. The first-order valence-electron chi connectivity index (χ1n) is 6.96. The second-order valence-corrected chi connectivity index (χ2v) is 5.69. The molecule has 0 amide bonds. The van der Waals surface area contributed by atoms with Crippen molar-refractivity contribution in [1.82, 2.24) is 4.90 Å². The minimum absolute atomic E-state index is 0.0317. The fourth-order valence-corrected chi connectivity index (χ4v) is 2.79. The molecule has 0 bridgehead atoms. The predicted molar refractivity (Wildman–Crippen MR) is 73.2 cm³/mol. The number of hydrogen-bond donors (Lipinski definition) is 1. The third-order valence-electron chi connectivity index (χ3n) is 4.31. The summed E-state index contributed by atoms with van der Waals surface area (Å²) in [6.07, 6.45) is -3.38. The van der Waals surface area contributed by atoms with Crippen LogP contribution in [0.1, 0.15) is 37.4 Å². The van der Waals surface area contributed by atoms with Gasteiger partial charge >= 0.3 is 6.18 Å². The molecular weight excluding hydrogens is 265 g/mol. The van der Waals surface area contributed by atoms with E-state index in [4.69, 9.17) is 5.73 Å². The number of nitrogens with zero attached hydrogens (tertiary/aromatic N) is 1. The zero-order chi connectivity index (χ0) is 14.9. The molecule has 3 unspecified atom stereocenters. The van der Waals surface area contributed by atoms with Gasteiger partial charge in [0, 0.05) is 18.6 Å². The zero-order valence-corrected chi connectivity index (χ0v) is 11.8. The van der Waals surface area contributed by atoms with E-state index in [1.165, 1.54) is 6.07 Å². The number of nitrogens with two attached hydrogens (primary N) is 1. The summed E-state index contributed by atoms with van der Waals surface area (Å²) in [4.78, 5) is 2.05. The lowest BCUT2D eigenvalue weighted by molar-refractivity contribution is -0.138. The van der Waals surface area contributed by atoms with E-state index in [1.807, 2.05) is 6.92 Å². The van der Waals surface area contributed by atoms with Gasteiger partial charge in [-0.25, -0.2) is 0 Å². The Hall–Kier alpha value is -1.07. The number of likely N-dealkylation sites (tertiary alicyclic amines) is 1. The van der Waals surface area contributed by atoms with Crippen molar-refractivity contribution in [3.63, 3.8) is 0 Å². The highest BCUT2D eigenvalue weighted by atomic mass is 19.4. The molecule has 0 radical (unpaired) electrons. The van der Waals surface area contributed by atoms with Gasteiger partial charge in [0.25, 0.3) is 0 Å². The van der Waals surface area contributed by atoms with Gasteiger partial charge in [-0.1, -0.05) is 25.1 Å². The Kier molecular flexibility index (Phi) is 4.39. The van der Waals surface area contributed by atoms with E-state index in [9.17, 15) is 13.2 Å². The predicted octanol–water partition coefficient (Wildman–Crippen LogP) is 3.44. The van der Waals surface area contributed by atoms with Gasteiger partial charge in [-0.15, -0.1) is 0 Å². The van der Waals surface area contributed by atoms with E-state index in [1.54, 1.807) is 12.1 Å². The number of piperidine rings is 1. The molecule has 112 valence electrons. The fourth-order valence-electron chi connectivity index (χ4n) is 2.79. The van der Waals surface area contributed by atoms with Gasteiger partial charge < -0.3 is 5.73 Å². The molecule has 1 saturated heterocycles. The van der Waals surface area contributed by atoms with Crippen molar-refractivity contribution < 1.29 is 13.2 Å². The van der Waals surface area contributed by atoms with Crippen molar-refractivity contribution in [2.75, 3.05) is 13.1 Å². The SMILES string of the molecule is CC1CCN(C(C)c2ccccc2C(F)(F)F)CC1N. The molecule has 2 nitrogen and oxygen atoms in total. The molecule has 1 heterocycles. The average molecular weight is 286 g/mol. The van der Waals surface area contributed by atoms with E-state index in [0.717, 1.165) is 19.0 Å². The minimum atomic E-state index is -4.31. The lowest BCUT2D eigenvalue weighted by Gasteiger charge is -2.39. The van der Waals surface area contributed by atoms with Gasteiger partial charge in [0.2, 0.25) is 0 Å². The monoisotopic (exact) mass is 286 g/mol. The molecule has 2 N–H and O–H groups in total. The molecule has 1 aromatic rings. The number of hydrogen-bond acceptors (Lipinski definition) is 2. The summed E-state index contributed by atoms with van der Waals surface area (Å²) in [6.45, 7) is 5.36. The molecule has 0 saturated carbocycles. The Morgan fingerprint density at radius 1 is 1.30 bits per heavy atom. The van der Waals surface area contributed by atoms with Crippen LogP contribution in [0.15, 0.2) is 24.3 Å². The molecule has 1 fully saturated rings. The Morgan fingerprint density at radius 3 is 2.55 bits per heavy atom. The highest BCUT2D eigenvalue weighted by Gasteiger charge is 2.36. The number of alkyl halides is 3. The highest BCUT2D eigenvalue weighted by Crippen LogP contribution is 2.37. The average Bonchev–Trinajstić information content (AvgIpc) is 2.40. The van der Waals surface area contributed by atoms with Crippen molar-refractivity contribution in [1.29, 1.82) is 0 Å². The highest BCUT2D eigenvalue weighted by molar-refractivity contribution is 5.32. The van der Waals surface area contributed by atoms with Gasteiger partial charge in [-0.05, 0) is 37.4 Å². The van der Waals surface area contributed by atoms with Gasteiger partial charge in [-0.2, -0.15) is 13.2 Å². The van der Waals surface area contributed by atoms with Crippen LogP contribution < -0.4 is 5.73 Å². The maximum Gasteiger partial charge on any atom is 0.416 e. The fraction of sp³-hybridized carbons (Fsp3) is 0.600. The van der Waals surface area contributed by atoms with E-state index < -0.39 is 11.7 Å². The first kappa shape index (κ1) is 15.3. The molecule has 3 atom stereocenters. The lowest BCUT2D eigenvalue weighted by Crippen LogP contribution is -2.48. The van der Waals surface area contributed by atoms with Crippen LogP contribution in [-0.2, 0) is 6.18 Å². The number of halogens is 3. The molecule has 1 aliphatic rings. The third kappa shape index (κ3) is 3.15. The summed E-state index contributed by atoms with van der Waals surface area (Å²) < 4.78 is 39.2. The summed E-state index contributed by atoms with van der Waals surface area (Å²) in [5, 5.41) is 0. The molecular formula is C15H21F3N2. The van der Waals surface area contributed by atoms with Crippen LogP contribution in [0.2, 0.25) is 0 Å². The summed E-state index contributed by atoms with van der Waals surface area (Å²) in [5.74, 6) is 0.427. The Bertz CT molecular complexity index is 459. The van der Waals surface area contributed by atoms with Crippen LogP contribution in [0.25, 0.3) is 0 Å². The van der Waals surface area contributed by atoms with Crippen LogP contribution in [0.5, 0.6) is 0 Å². The molecule has 5 heteroatoms. The molecule has 20 heavy (non-hydrogen) atoms. The topological polar surface area (TPSA) is 29.3 Å². The van der Waals surface area contributed by atoms with Crippen molar-refractivity contribution in [3.8, 4) is 0 Å².